The first-order valence-corrected chi connectivity index (χ1v) is 6.68. The van der Waals surface area contributed by atoms with Crippen LogP contribution in [0, 0.1) is 13.8 Å². The Morgan fingerprint density at radius 1 is 1.44 bits per heavy atom. The van der Waals surface area contributed by atoms with E-state index in [0.29, 0.717) is 10.6 Å². The van der Waals surface area contributed by atoms with E-state index in [4.69, 9.17) is 0 Å². The summed E-state index contributed by atoms with van der Waals surface area (Å²) in [4.78, 5) is 16.4. The highest BCUT2D eigenvalue weighted by atomic mass is 32.2. The van der Waals surface area contributed by atoms with Gasteiger partial charge >= 0.3 is 0 Å². The second kappa shape index (κ2) is 5.22. The minimum absolute atomic E-state index is 0.167. The molecular formula is C12H14N4OS. The van der Waals surface area contributed by atoms with Gasteiger partial charge in [0.2, 0.25) is 0 Å². The molecule has 0 spiro atoms. The standard InChI is InChI=1S/C12H14N4OS/c1-7-10(8(2)16-15-7)14-11(17)9-5-4-6-13-12(9)18-3/h4-6H,1-3H3,(H,14,17)(H,15,16). The van der Waals surface area contributed by atoms with E-state index in [2.05, 4.69) is 20.5 Å². The number of anilines is 1. The molecule has 0 saturated heterocycles. The molecule has 0 aliphatic heterocycles. The monoisotopic (exact) mass is 262 g/mol. The molecular weight excluding hydrogens is 248 g/mol. The number of nitrogens with one attached hydrogen (secondary N) is 2. The van der Waals surface area contributed by atoms with E-state index < -0.39 is 0 Å². The van der Waals surface area contributed by atoms with Crippen LogP contribution in [0.1, 0.15) is 21.7 Å². The van der Waals surface area contributed by atoms with E-state index in [-0.39, 0.29) is 5.91 Å². The van der Waals surface area contributed by atoms with Gasteiger partial charge in [-0.3, -0.25) is 9.89 Å². The van der Waals surface area contributed by atoms with Gasteiger partial charge in [-0.15, -0.1) is 11.8 Å². The molecule has 0 fully saturated rings. The number of rotatable bonds is 3. The molecule has 2 N–H and O–H groups in total. The molecule has 94 valence electrons. The zero-order valence-electron chi connectivity index (χ0n) is 10.4. The molecule has 2 aromatic rings. The highest BCUT2D eigenvalue weighted by Crippen LogP contribution is 2.21. The van der Waals surface area contributed by atoms with E-state index in [0.717, 1.165) is 17.1 Å². The quantitative estimate of drug-likeness (QED) is 0.833. The summed E-state index contributed by atoms with van der Waals surface area (Å²) in [5.41, 5.74) is 2.92. The zero-order chi connectivity index (χ0) is 13.1. The Morgan fingerprint density at radius 3 is 2.83 bits per heavy atom. The number of amides is 1. The Bertz CT molecular complexity index is 560. The third kappa shape index (κ3) is 2.38. The molecule has 2 rings (SSSR count). The summed E-state index contributed by atoms with van der Waals surface area (Å²) in [6.45, 7) is 3.71. The van der Waals surface area contributed by atoms with Gasteiger partial charge in [-0.25, -0.2) is 4.98 Å². The van der Waals surface area contributed by atoms with Gasteiger partial charge in [0.25, 0.3) is 5.91 Å². The van der Waals surface area contributed by atoms with Crippen LogP contribution < -0.4 is 5.32 Å². The van der Waals surface area contributed by atoms with Crippen molar-refractivity contribution < 1.29 is 4.79 Å². The van der Waals surface area contributed by atoms with Gasteiger partial charge < -0.3 is 5.32 Å². The lowest BCUT2D eigenvalue weighted by Gasteiger charge is -2.07. The number of nitrogens with zero attached hydrogens (tertiary/aromatic N) is 2. The molecule has 0 unspecified atom stereocenters. The van der Waals surface area contributed by atoms with Gasteiger partial charge in [-0.1, -0.05) is 0 Å². The molecule has 0 bridgehead atoms. The van der Waals surface area contributed by atoms with E-state index in [9.17, 15) is 4.79 Å². The van der Waals surface area contributed by atoms with Crippen molar-refractivity contribution in [1.82, 2.24) is 15.2 Å². The number of carbonyl (C=O) groups is 1. The molecule has 0 radical (unpaired) electrons. The number of hydrogen-bond donors (Lipinski definition) is 2. The van der Waals surface area contributed by atoms with Crippen LogP contribution in [0.15, 0.2) is 23.4 Å². The average Bonchev–Trinajstić information content (AvgIpc) is 2.70. The second-order valence-corrected chi connectivity index (χ2v) is 4.62. The first kappa shape index (κ1) is 12.6. The molecule has 0 aliphatic rings. The molecule has 0 aliphatic carbocycles. The topological polar surface area (TPSA) is 70.7 Å². The number of carbonyl (C=O) groups excluding carboxylic acids is 1. The van der Waals surface area contributed by atoms with Crippen molar-refractivity contribution in [3.05, 3.63) is 35.3 Å². The summed E-state index contributed by atoms with van der Waals surface area (Å²) in [6.07, 6.45) is 3.57. The molecule has 0 saturated carbocycles. The summed E-state index contributed by atoms with van der Waals surface area (Å²) in [5.74, 6) is -0.167. The van der Waals surface area contributed by atoms with Crippen LogP contribution in [-0.4, -0.2) is 27.3 Å². The van der Waals surface area contributed by atoms with E-state index in [1.54, 1.807) is 18.3 Å². The Balaban J connectivity index is 2.28. The van der Waals surface area contributed by atoms with Crippen LogP contribution >= 0.6 is 11.8 Å². The van der Waals surface area contributed by atoms with Crippen molar-refractivity contribution >= 4 is 23.4 Å². The number of aryl methyl sites for hydroxylation is 2. The van der Waals surface area contributed by atoms with Gasteiger partial charge in [0.15, 0.2) is 0 Å². The van der Waals surface area contributed by atoms with E-state index in [1.807, 2.05) is 20.1 Å². The number of pyridine rings is 1. The summed E-state index contributed by atoms with van der Waals surface area (Å²) in [5, 5.41) is 10.5. The Morgan fingerprint density at radius 2 is 2.22 bits per heavy atom. The maximum absolute atomic E-state index is 12.2. The highest BCUT2D eigenvalue weighted by Gasteiger charge is 2.15. The largest absolute Gasteiger partial charge is 0.319 e. The smallest absolute Gasteiger partial charge is 0.258 e. The van der Waals surface area contributed by atoms with Crippen LogP contribution in [0.5, 0.6) is 0 Å². The SMILES string of the molecule is CSc1ncccc1C(=O)Nc1c(C)n[nH]c1C. The van der Waals surface area contributed by atoms with Gasteiger partial charge in [0, 0.05) is 6.20 Å². The molecule has 1 amide bonds. The summed E-state index contributed by atoms with van der Waals surface area (Å²) in [6, 6.07) is 3.52. The number of hydrogen-bond acceptors (Lipinski definition) is 4. The average molecular weight is 262 g/mol. The Labute approximate surface area is 109 Å². The van der Waals surface area contributed by atoms with Crippen molar-refractivity contribution in [2.75, 3.05) is 11.6 Å². The van der Waals surface area contributed by atoms with Crippen molar-refractivity contribution in [3.63, 3.8) is 0 Å². The maximum atomic E-state index is 12.2. The minimum Gasteiger partial charge on any atom is -0.319 e. The summed E-state index contributed by atoms with van der Waals surface area (Å²) in [7, 11) is 0. The van der Waals surface area contributed by atoms with Gasteiger partial charge in [-0.05, 0) is 32.2 Å². The lowest BCUT2D eigenvalue weighted by Crippen LogP contribution is -2.14. The minimum atomic E-state index is -0.167. The second-order valence-electron chi connectivity index (χ2n) is 3.82. The van der Waals surface area contributed by atoms with Crippen LogP contribution in [0.3, 0.4) is 0 Å². The lowest BCUT2D eigenvalue weighted by molar-refractivity contribution is 0.102. The van der Waals surface area contributed by atoms with Crippen LogP contribution in [0.2, 0.25) is 0 Å². The fourth-order valence-electron chi connectivity index (χ4n) is 1.64. The van der Waals surface area contributed by atoms with Crippen LogP contribution in [-0.2, 0) is 0 Å². The van der Waals surface area contributed by atoms with Gasteiger partial charge in [0.05, 0.1) is 22.6 Å². The number of aromatic amines is 1. The number of thioether (sulfide) groups is 1. The molecule has 6 heteroatoms. The predicted octanol–water partition coefficient (Wildman–Crippen LogP) is 2.40. The number of aromatic nitrogens is 3. The third-order valence-corrected chi connectivity index (χ3v) is 3.29. The summed E-state index contributed by atoms with van der Waals surface area (Å²) >= 11 is 1.45. The van der Waals surface area contributed by atoms with E-state index in [1.165, 1.54) is 11.8 Å². The van der Waals surface area contributed by atoms with Crippen molar-refractivity contribution in [2.45, 2.75) is 18.9 Å². The molecule has 5 nitrogen and oxygen atoms in total. The predicted molar refractivity (Wildman–Crippen MR) is 72.0 cm³/mol. The van der Waals surface area contributed by atoms with Crippen LogP contribution in [0.25, 0.3) is 0 Å². The van der Waals surface area contributed by atoms with Crippen molar-refractivity contribution in [2.24, 2.45) is 0 Å². The van der Waals surface area contributed by atoms with Crippen molar-refractivity contribution in [3.8, 4) is 0 Å². The normalized spacial score (nSPS) is 10.4. The third-order valence-electron chi connectivity index (χ3n) is 2.58. The summed E-state index contributed by atoms with van der Waals surface area (Å²) < 4.78 is 0. The maximum Gasteiger partial charge on any atom is 0.258 e. The van der Waals surface area contributed by atoms with Crippen LogP contribution in [0.4, 0.5) is 5.69 Å². The lowest BCUT2D eigenvalue weighted by atomic mass is 10.2. The fourth-order valence-corrected chi connectivity index (χ4v) is 2.19. The molecule has 18 heavy (non-hydrogen) atoms. The first-order chi connectivity index (χ1) is 8.63. The highest BCUT2D eigenvalue weighted by molar-refractivity contribution is 7.98. The molecule has 2 heterocycles. The van der Waals surface area contributed by atoms with Gasteiger partial charge in [-0.2, -0.15) is 5.10 Å². The molecule has 0 aromatic carbocycles. The van der Waals surface area contributed by atoms with Gasteiger partial charge in [0.1, 0.15) is 5.03 Å². The molecule has 0 atom stereocenters. The first-order valence-electron chi connectivity index (χ1n) is 5.45. The zero-order valence-corrected chi connectivity index (χ0v) is 11.3. The fraction of sp³-hybridized carbons (Fsp3) is 0.250. The Kier molecular flexibility index (Phi) is 3.66. The van der Waals surface area contributed by atoms with E-state index >= 15 is 0 Å². The van der Waals surface area contributed by atoms with Crippen molar-refractivity contribution in [1.29, 1.82) is 0 Å². The number of H-pyrrole nitrogens is 1. The molecule has 2 aromatic heterocycles. The Hall–Kier alpha value is -1.82.